The van der Waals surface area contributed by atoms with E-state index >= 15 is 0 Å². The molecule has 2 aliphatic rings. The fourth-order valence-electron chi connectivity index (χ4n) is 4.64. The molecule has 4 heteroatoms. The van der Waals surface area contributed by atoms with Gasteiger partial charge in [-0.15, -0.1) is 0 Å². The maximum absolute atomic E-state index is 2.47. The summed E-state index contributed by atoms with van der Waals surface area (Å²) in [6.45, 7) is 4.75. The van der Waals surface area contributed by atoms with Crippen LogP contribution in [-0.2, 0) is 0 Å². The molecule has 0 amide bonds. The molecule has 0 N–H and O–H groups in total. The summed E-state index contributed by atoms with van der Waals surface area (Å²) in [5.74, 6) is 0. The van der Waals surface area contributed by atoms with Gasteiger partial charge in [0.2, 0.25) is 5.69 Å². The van der Waals surface area contributed by atoms with Crippen LogP contribution in [0.15, 0.2) is 72.9 Å². The molecule has 0 radical (unpaired) electrons. The number of rotatable bonds is 6. The molecule has 2 fully saturated rings. The van der Waals surface area contributed by atoms with Gasteiger partial charge in [0.05, 0.1) is 0 Å². The molecule has 33 heavy (non-hydrogen) atoms. The summed E-state index contributed by atoms with van der Waals surface area (Å²) in [5, 5.41) is 0. The Labute approximate surface area is 204 Å². The van der Waals surface area contributed by atoms with E-state index in [0.29, 0.717) is 0 Å². The van der Waals surface area contributed by atoms with Crippen molar-refractivity contribution < 1.29 is 17.0 Å². The largest absolute Gasteiger partial charge is 1.00 e. The van der Waals surface area contributed by atoms with Crippen molar-refractivity contribution in [1.29, 1.82) is 0 Å². The molecule has 2 aromatic carbocycles. The van der Waals surface area contributed by atoms with Crippen LogP contribution in [0.1, 0.15) is 42.5 Å². The Morgan fingerprint density at radius 3 is 1.64 bits per heavy atom. The van der Waals surface area contributed by atoms with E-state index in [1.54, 1.807) is 0 Å². The molecule has 3 aromatic rings. The maximum atomic E-state index is 2.47. The molecule has 0 bridgehead atoms. The normalized spacial score (nSPS) is 16.1. The van der Waals surface area contributed by atoms with Crippen molar-refractivity contribution in [2.24, 2.45) is 0 Å². The van der Waals surface area contributed by atoms with Crippen molar-refractivity contribution in [3.63, 3.8) is 0 Å². The van der Waals surface area contributed by atoms with Crippen molar-refractivity contribution in [3.05, 3.63) is 89.7 Å². The van der Waals surface area contributed by atoms with Gasteiger partial charge in [-0.05, 0) is 73.2 Å². The SMILES string of the molecule is C(=Cc1cccc[n+]1C=Cc1ccc(N2CCCC2)cc1)c1ccc(N2CCCC2)cc1.[Cl-]. The smallest absolute Gasteiger partial charge is 0.210 e. The number of benzene rings is 2. The van der Waals surface area contributed by atoms with Gasteiger partial charge in [0.25, 0.3) is 0 Å². The van der Waals surface area contributed by atoms with Crippen molar-refractivity contribution in [3.8, 4) is 0 Å². The molecular formula is C29H32ClN3. The van der Waals surface area contributed by atoms with E-state index in [1.165, 1.54) is 74.4 Å². The molecule has 3 nitrogen and oxygen atoms in total. The molecule has 2 aliphatic heterocycles. The standard InChI is InChI=1S/C29H32N3.ClH/c1-2-19-32(24-18-26-11-16-29(17-12-26)31-22-5-6-23-31)27(7-1)13-8-25-9-14-28(15-10-25)30-20-3-4-21-30;/h1-2,7-19,24H,3-6,20-23H2;1H/q+1;/p-1. The quantitative estimate of drug-likeness (QED) is 0.527. The molecule has 0 aliphatic carbocycles. The lowest BCUT2D eigenvalue weighted by molar-refractivity contribution is -0.569. The average Bonchev–Trinajstić information content (AvgIpc) is 3.58. The third-order valence-corrected chi connectivity index (χ3v) is 6.53. The molecule has 0 unspecified atom stereocenters. The highest BCUT2D eigenvalue weighted by Crippen LogP contribution is 2.22. The first kappa shape index (κ1) is 23.1. The zero-order valence-electron chi connectivity index (χ0n) is 19.1. The lowest BCUT2D eigenvalue weighted by atomic mass is 10.1. The first-order chi connectivity index (χ1) is 15.8. The van der Waals surface area contributed by atoms with Crippen molar-refractivity contribution >= 4 is 35.8 Å². The van der Waals surface area contributed by atoms with Gasteiger partial charge in [0, 0.05) is 61.8 Å². The lowest BCUT2D eigenvalue weighted by Crippen LogP contribution is -3.00. The Kier molecular flexibility index (Phi) is 7.85. The molecule has 0 spiro atoms. The summed E-state index contributed by atoms with van der Waals surface area (Å²) in [6, 6.07) is 24.1. The number of nitrogens with zero attached hydrogens (tertiary/aromatic N) is 3. The summed E-state index contributed by atoms with van der Waals surface area (Å²) in [7, 11) is 0. The first-order valence-electron chi connectivity index (χ1n) is 11.9. The van der Waals surface area contributed by atoms with Crippen molar-refractivity contribution in [1.82, 2.24) is 0 Å². The molecular weight excluding hydrogens is 426 g/mol. The summed E-state index contributed by atoms with van der Waals surface area (Å²) < 4.78 is 2.17. The van der Waals surface area contributed by atoms with E-state index in [0.717, 1.165) is 5.69 Å². The van der Waals surface area contributed by atoms with E-state index in [-0.39, 0.29) is 12.4 Å². The minimum absolute atomic E-state index is 0. The third kappa shape index (κ3) is 5.85. The second-order valence-corrected chi connectivity index (χ2v) is 8.75. The number of hydrogen-bond acceptors (Lipinski definition) is 2. The summed E-state index contributed by atoms with van der Waals surface area (Å²) in [6.07, 6.45) is 16.0. The van der Waals surface area contributed by atoms with E-state index in [9.17, 15) is 0 Å². The minimum atomic E-state index is 0. The van der Waals surface area contributed by atoms with Crippen LogP contribution in [0, 0.1) is 0 Å². The number of hydrogen-bond donors (Lipinski definition) is 0. The molecule has 1 aromatic heterocycles. The summed E-state index contributed by atoms with van der Waals surface area (Å²) in [4.78, 5) is 4.95. The zero-order chi connectivity index (χ0) is 21.6. The van der Waals surface area contributed by atoms with Crippen LogP contribution in [0.5, 0.6) is 0 Å². The van der Waals surface area contributed by atoms with Gasteiger partial charge in [-0.3, -0.25) is 0 Å². The summed E-state index contributed by atoms with van der Waals surface area (Å²) in [5.41, 5.74) is 6.28. The highest BCUT2D eigenvalue weighted by Gasteiger charge is 2.12. The lowest BCUT2D eigenvalue weighted by Gasteiger charge is -2.17. The average molecular weight is 458 g/mol. The molecule has 0 saturated carbocycles. The third-order valence-electron chi connectivity index (χ3n) is 6.53. The number of aromatic nitrogens is 1. The van der Waals surface area contributed by atoms with Crippen LogP contribution >= 0.6 is 0 Å². The number of anilines is 2. The van der Waals surface area contributed by atoms with E-state index in [1.807, 2.05) is 0 Å². The molecule has 5 rings (SSSR count). The van der Waals surface area contributed by atoms with Crippen LogP contribution in [0.25, 0.3) is 24.4 Å². The van der Waals surface area contributed by atoms with Gasteiger partial charge in [-0.25, -0.2) is 0 Å². The van der Waals surface area contributed by atoms with Crippen LogP contribution in [-0.4, -0.2) is 26.2 Å². The Morgan fingerprint density at radius 2 is 1.09 bits per heavy atom. The Morgan fingerprint density at radius 1 is 0.576 bits per heavy atom. The molecule has 2 saturated heterocycles. The van der Waals surface area contributed by atoms with Crippen LogP contribution in [0.2, 0.25) is 0 Å². The van der Waals surface area contributed by atoms with Crippen LogP contribution in [0.3, 0.4) is 0 Å². The fraction of sp³-hybridized carbons (Fsp3) is 0.276. The number of halogens is 1. The number of pyridine rings is 1. The predicted molar refractivity (Wildman–Crippen MR) is 137 cm³/mol. The predicted octanol–water partition coefficient (Wildman–Crippen LogP) is 2.98. The van der Waals surface area contributed by atoms with E-state index < -0.39 is 0 Å². The molecule has 3 heterocycles. The van der Waals surface area contributed by atoms with Gasteiger partial charge in [0.15, 0.2) is 12.4 Å². The van der Waals surface area contributed by atoms with E-state index in [4.69, 9.17) is 0 Å². The van der Waals surface area contributed by atoms with Crippen molar-refractivity contribution in [2.45, 2.75) is 25.7 Å². The maximum Gasteiger partial charge on any atom is 0.210 e. The summed E-state index contributed by atoms with van der Waals surface area (Å²) >= 11 is 0. The monoisotopic (exact) mass is 457 g/mol. The van der Waals surface area contributed by atoms with Gasteiger partial charge in [-0.2, -0.15) is 4.57 Å². The topological polar surface area (TPSA) is 10.4 Å². The van der Waals surface area contributed by atoms with Crippen LogP contribution < -0.4 is 26.8 Å². The Hall–Kier alpha value is -3.04. The van der Waals surface area contributed by atoms with Gasteiger partial charge >= 0.3 is 0 Å². The molecule has 0 atom stereocenters. The Bertz CT molecular complexity index is 986. The highest BCUT2D eigenvalue weighted by atomic mass is 35.5. The molecule has 170 valence electrons. The zero-order valence-corrected chi connectivity index (χ0v) is 19.9. The second kappa shape index (κ2) is 11.2. The minimum Gasteiger partial charge on any atom is -1.00 e. The van der Waals surface area contributed by atoms with Gasteiger partial charge in [-0.1, -0.05) is 24.3 Å². The van der Waals surface area contributed by atoms with Gasteiger partial charge in [0.1, 0.15) is 0 Å². The highest BCUT2D eigenvalue weighted by molar-refractivity contribution is 5.69. The fourth-order valence-corrected chi connectivity index (χ4v) is 4.64. The van der Waals surface area contributed by atoms with Gasteiger partial charge < -0.3 is 22.2 Å². The van der Waals surface area contributed by atoms with Crippen LogP contribution in [0.4, 0.5) is 11.4 Å². The first-order valence-corrected chi connectivity index (χ1v) is 11.9. The van der Waals surface area contributed by atoms with Crippen molar-refractivity contribution in [2.75, 3.05) is 36.0 Å². The Balaban J connectivity index is 0.00000259. The second-order valence-electron chi connectivity index (χ2n) is 8.75. The van der Waals surface area contributed by atoms with E-state index in [2.05, 4.69) is 112 Å².